The fraction of sp³-hybridized carbons (Fsp3) is 0.278. The molecule has 2 aromatic rings. The van der Waals surface area contributed by atoms with E-state index in [4.69, 9.17) is 21.1 Å². The first-order chi connectivity index (χ1) is 12.3. The van der Waals surface area contributed by atoms with E-state index in [1.54, 1.807) is 12.1 Å². The average molecular weight is 399 g/mol. The van der Waals surface area contributed by atoms with Gasteiger partial charge in [-0.2, -0.15) is 0 Å². The van der Waals surface area contributed by atoms with Crippen LogP contribution in [0.25, 0.3) is 0 Å². The molecule has 2 rings (SSSR count). The first-order valence-electron chi connectivity index (χ1n) is 7.85. The highest BCUT2D eigenvalue weighted by molar-refractivity contribution is 7.91. The summed E-state index contributed by atoms with van der Waals surface area (Å²) in [7, 11) is -3.69. The van der Waals surface area contributed by atoms with Gasteiger partial charge in [0.05, 0.1) is 21.8 Å². The molecule has 0 amide bonds. The SMILES string of the molecule is CC(C)Oc1ccc(S(=O)(=O)c2ccc(OC(=O)OCCCl)cc2)cc1. The van der Waals surface area contributed by atoms with Gasteiger partial charge in [0.2, 0.25) is 9.84 Å². The highest BCUT2D eigenvalue weighted by Crippen LogP contribution is 2.25. The molecular weight excluding hydrogens is 380 g/mol. The molecule has 0 N–H and O–H groups in total. The van der Waals surface area contributed by atoms with Crippen LogP contribution in [0, 0.1) is 0 Å². The Bertz CT molecular complexity index is 829. The number of hydrogen-bond acceptors (Lipinski definition) is 6. The first kappa shape index (κ1) is 20.1. The molecule has 26 heavy (non-hydrogen) atoms. The van der Waals surface area contributed by atoms with E-state index in [1.165, 1.54) is 36.4 Å². The maximum Gasteiger partial charge on any atom is 0.513 e. The van der Waals surface area contributed by atoms with Crippen LogP contribution in [-0.2, 0) is 14.6 Å². The summed E-state index contributed by atoms with van der Waals surface area (Å²) in [6.07, 6.45) is -0.900. The molecule has 0 radical (unpaired) electrons. The number of ether oxygens (including phenoxy) is 3. The van der Waals surface area contributed by atoms with Crippen molar-refractivity contribution in [2.75, 3.05) is 12.5 Å². The summed E-state index contributed by atoms with van der Waals surface area (Å²) in [6, 6.07) is 11.7. The number of halogens is 1. The Morgan fingerprint density at radius 1 is 0.962 bits per heavy atom. The second-order valence-electron chi connectivity index (χ2n) is 5.50. The number of alkyl halides is 1. The number of hydrogen-bond donors (Lipinski definition) is 0. The molecular formula is C18H19ClO6S. The summed E-state index contributed by atoms with van der Waals surface area (Å²) >= 11 is 5.40. The Morgan fingerprint density at radius 2 is 1.46 bits per heavy atom. The maximum absolute atomic E-state index is 12.7. The molecule has 0 saturated carbocycles. The molecule has 6 nitrogen and oxygen atoms in total. The standard InChI is InChI=1S/C18H19ClO6S/c1-13(2)24-14-3-7-16(8-4-14)26(21,22)17-9-5-15(6-10-17)25-18(20)23-12-11-19/h3-10,13H,11-12H2,1-2H3. The van der Waals surface area contributed by atoms with Crippen molar-refractivity contribution in [3.05, 3.63) is 48.5 Å². The van der Waals surface area contributed by atoms with Gasteiger partial charge in [-0.1, -0.05) is 0 Å². The summed E-state index contributed by atoms with van der Waals surface area (Å²) in [4.78, 5) is 11.6. The average Bonchev–Trinajstić information content (AvgIpc) is 2.60. The molecule has 0 spiro atoms. The smallest absolute Gasteiger partial charge is 0.491 e. The molecule has 0 aliphatic heterocycles. The third-order valence-corrected chi connectivity index (χ3v) is 5.08. The molecule has 0 bridgehead atoms. The van der Waals surface area contributed by atoms with Gasteiger partial charge >= 0.3 is 6.16 Å². The van der Waals surface area contributed by atoms with Crippen LogP contribution in [0.1, 0.15) is 13.8 Å². The lowest BCUT2D eigenvalue weighted by atomic mass is 10.3. The van der Waals surface area contributed by atoms with Crippen molar-refractivity contribution in [2.45, 2.75) is 29.7 Å². The van der Waals surface area contributed by atoms with Crippen LogP contribution in [0.3, 0.4) is 0 Å². The molecule has 0 atom stereocenters. The molecule has 0 unspecified atom stereocenters. The van der Waals surface area contributed by atoms with E-state index >= 15 is 0 Å². The zero-order chi connectivity index (χ0) is 19.2. The molecule has 8 heteroatoms. The number of carbonyl (C=O) groups excluding carboxylic acids is 1. The van der Waals surface area contributed by atoms with Gasteiger partial charge in [-0.05, 0) is 62.4 Å². The zero-order valence-electron chi connectivity index (χ0n) is 14.3. The summed E-state index contributed by atoms with van der Waals surface area (Å²) in [6.45, 7) is 3.81. The molecule has 0 aliphatic carbocycles. The molecule has 0 heterocycles. The summed E-state index contributed by atoms with van der Waals surface area (Å²) < 4.78 is 40.4. The highest BCUT2D eigenvalue weighted by atomic mass is 35.5. The molecule has 0 aromatic heterocycles. The molecule has 0 fully saturated rings. The van der Waals surface area contributed by atoms with Gasteiger partial charge < -0.3 is 14.2 Å². The zero-order valence-corrected chi connectivity index (χ0v) is 15.9. The molecule has 2 aromatic carbocycles. The fourth-order valence-electron chi connectivity index (χ4n) is 2.04. The van der Waals surface area contributed by atoms with E-state index in [2.05, 4.69) is 4.74 Å². The normalized spacial score (nSPS) is 11.2. The minimum absolute atomic E-state index is 0.00104. The van der Waals surface area contributed by atoms with E-state index < -0.39 is 16.0 Å². The van der Waals surface area contributed by atoms with E-state index in [9.17, 15) is 13.2 Å². The second-order valence-corrected chi connectivity index (χ2v) is 7.83. The van der Waals surface area contributed by atoms with E-state index in [1.807, 2.05) is 13.8 Å². The second kappa shape index (κ2) is 8.91. The minimum Gasteiger partial charge on any atom is -0.491 e. The minimum atomic E-state index is -3.69. The van der Waals surface area contributed by atoms with E-state index in [0.717, 1.165) is 0 Å². The lowest BCUT2D eigenvalue weighted by molar-refractivity contribution is 0.105. The summed E-state index contributed by atoms with van der Waals surface area (Å²) in [5.74, 6) is 0.926. The van der Waals surface area contributed by atoms with Crippen molar-refractivity contribution >= 4 is 27.6 Å². The Kier molecular flexibility index (Phi) is 6.88. The van der Waals surface area contributed by atoms with Gasteiger partial charge in [-0.3, -0.25) is 0 Å². The van der Waals surface area contributed by atoms with Crippen LogP contribution in [0.2, 0.25) is 0 Å². The topological polar surface area (TPSA) is 78.9 Å². The fourth-order valence-corrected chi connectivity index (χ4v) is 3.38. The number of carbonyl (C=O) groups is 1. The Balaban J connectivity index is 2.12. The Hall–Kier alpha value is -2.25. The largest absolute Gasteiger partial charge is 0.513 e. The Labute approximate surface area is 157 Å². The molecule has 0 aliphatic rings. The van der Waals surface area contributed by atoms with Gasteiger partial charge in [0, 0.05) is 0 Å². The van der Waals surface area contributed by atoms with Crippen molar-refractivity contribution < 1.29 is 27.4 Å². The van der Waals surface area contributed by atoms with Gasteiger partial charge in [0.1, 0.15) is 18.1 Å². The number of rotatable bonds is 7. The number of sulfone groups is 1. The quantitative estimate of drug-likeness (QED) is 0.397. The molecule has 0 saturated heterocycles. The summed E-state index contributed by atoms with van der Waals surface area (Å²) in [5.41, 5.74) is 0. The lowest BCUT2D eigenvalue weighted by Crippen LogP contribution is -2.12. The first-order valence-corrected chi connectivity index (χ1v) is 9.87. The van der Waals surface area contributed by atoms with Crippen LogP contribution in [-0.4, -0.2) is 33.2 Å². The van der Waals surface area contributed by atoms with Crippen molar-refractivity contribution in [3.63, 3.8) is 0 Å². The van der Waals surface area contributed by atoms with Gasteiger partial charge in [0.25, 0.3) is 0 Å². The van der Waals surface area contributed by atoms with Crippen LogP contribution in [0.4, 0.5) is 4.79 Å². The highest BCUT2D eigenvalue weighted by Gasteiger charge is 2.18. The predicted octanol–water partition coefficient (Wildman–Crippen LogP) is 4.06. The van der Waals surface area contributed by atoms with Gasteiger partial charge in [0.15, 0.2) is 0 Å². The van der Waals surface area contributed by atoms with Crippen LogP contribution in [0.15, 0.2) is 58.3 Å². The summed E-state index contributed by atoms with van der Waals surface area (Å²) in [5, 5.41) is 0. The van der Waals surface area contributed by atoms with Crippen molar-refractivity contribution in [3.8, 4) is 11.5 Å². The predicted molar refractivity (Wildman–Crippen MR) is 96.8 cm³/mol. The van der Waals surface area contributed by atoms with Crippen molar-refractivity contribution in [1.29, 1.82) is 0 Å². The lowest BCUT2D eigenvalue weighted by Gasteiger charge is -2.10. The van der Waals surface area contributed by atoms with E-state index in [0.29, 0.717) is 5.75 Å². The van der Waals surface area contributed by atoms with E-state index in [-0.39, 0.29) is 34.1 Å². The third-order valence-electron chi connectivity index (χ3n) is 3.14. The Morgan fingerprint density at radius 3 is 1.92 bits per heavy atom. The van der Waals surface area contributed by atoms with Crippen LogP contribution < -0.4 is 9.47 Å². The van der Waals surface area contributed by atoms with Gasteiger partial charge in [-0.15, -0.1) is 11.6 Å². The molecule has 140 valence electrons. The van der Waals surface area contributed by atoms with Crippen LogP contribution in [0.5, 0.6) is 11.5 Å². The van der Waals surface area contributed by atoms with Crippen LogP contribution >= 0.6 is 11.6 Å². The maximum atomic E-state index is 12.7. The number of benzene rings is 2. The van der Waals surface area contributed by atoms with Crippen molar-refractivity contribution in [2.24, 2.45) is 0 Å². The third kappa shape index (κ3) is 5.37. The van der Waals surface area contributed by atoms with Crippen molar-refractivity contribution in [1.82, 2.24) is 0 Å². The van der Waals surface area contributed by atoms with Gasteiger partial charge in [-0.25, -0.2) is 13.2 Å². The monoisotopic (exact) mass is 398 g/mol.